The van der Waals surface area contributed by atoms with E-state index in [0.29, 0.717) is 12.2 Å². The number of hydrogen-bond donors (Lipinski definition) is 0. The van der Waals surface area contributed by atoms with Gasteiger partial charge in [0.25, 0.3) is 5.92 Å². The van der Waals surface area contributed by atoms with Gasteiger partial charge >= 0.3 is 0 Å². The van der Waals surface area contributed by atoms with E-state index in [0.717, 1.165) is 0 Å². The van der Waals surface area contributed by atoms with Crippen molar-refractivity contribution in [2.24, 2.45) is 5.41 Å². The normalized spacial score (nSPS) is 36.0. The molecule has 1 aliphatic rings. The van der Waals surface area contributed by atoms with E-state index in [9.17, 15) is 8.78 Å². The molecular weight excluding hydrogens is 154 g/mol. The van der Waals surface area contributed by atoms with Crippen LogP contribution in [0.15, 0.2) is 0 Å². The van der Waals surface area contributed by atoms with Crippen molar-refractivity contribution in [2.45, 2.75) is 25.7 Å². The van der Waals surface area contributed by atoms with Crippen LogP contribution in [-0.4, -0.2) is 17.9 Å². The van der Waals surface area contributed by atoms with E-state index in [1.54, 1.807) is 0 Å². The standard InChI is InChI=1S/C7H12F2S/c1-3-6(5-10-2)4-7(6,8)9/h3-5H2,1-2H3. The van der Waals surface area contributed by atoms with E-state index >= 15 is 0 Å². The zero-order valence-electron chi connectivity index (χ0n) is 6.29. The molecule has 0 spiro atoms. The van der Waals surface area contributed by atoms with E-state index in [4.69, 9.17) is 0 Å². The molecular formula is C7H12F2S. The van der Waals surface area contributed by atoms with Gasteiger partial charge in [0.2, 0.25) is 0 Å². The molecule has 0 heterocycles. The summed E-state index contributed by atoms with van der Waals surface area (Å²) in [6.07, 6.45) is 2.60. The van der Waals surface area contributed by atoms with Gasteiger partial charge in [-0.2, -0.15) is 11.8 Å². The molecule has 1 fully saturated rings. The van der Waals surface area contributed by atoms with Gasteiger partial charge in [0.05, 0.1) is 0 Å². The quantitative estimate of drug-likeness (QED) is 0.621. The lowest BCUT2D eigenvalue weighted by Crippen LogP contribution is -2.12. The second kappa shape index (κ2) is 2.36. The van der Waals surface area contributed by atoms with Crippen LogP contribution in [0, 0.1) is 5.41 Å². The lowest BCUT2D eigenvalue weighted by molar-refractivity contribution is 0.0704. The summed E-state index contributed by atoms with van der Waals surface area (Å²) in [5, 5.41) is 0. The molecule has 0 aromatic rings. The Morgan fingerprint density at radius 2 is 2.00 bits per heavy atom. The molecule has 1 aliphatic carbocycles. The maximum Gasteiger partial charge on any atom is 0.255 e. The van der Waals surface area contributed by atoms with Crippen LogP contribution in [0.3, 0.4) is 0 Å². The zero-order valence-corrected chi connectivity index (χ0v) is 7.10. The van der Waals surface area contributed by atoms with Crippen LogP contribution in [0.2, 0.25) is 0 Å². The third-order valence-corrected chi connectivity index (χ3v) is 3.15. The largest absolute Gasteiger partial charge is 0.255 e. The third kappa shape index (κ3) is 1.04. The third-order valence-electron chi connectivity index (χ3n) is 2.31. The summed E-state index contributed by atoms with van der Waals surface area (Å²) in [4.78, 5) is 0. The van der Waals surface area contributed by atoms with Crippen molar-refractivity contribution in [1.82, 2.24) is 0 Å². The molecule has 1 atom stereocenters. The minimum atomic E-state index is -2.36. The van der Waals surface area contributed by atoms with E-state index < -0.39 is 11.3 Å². The highest BCUT2D eigenvalue weighted by atomic mass is 32.2. The second-order valence-electron chi connectivity index (χ2n) is 2.95. The topological polar surface area (TPSA) is 0 Å². The Bertz CT molecular complexity index is 136. The molecule has 0 radical (unpaired) electrons. The molecule has 3 heteroatoms. The van der Waals surface area contributed by atoms with E-state index in [1.807, 2.05) is 13.2 Å². The molecule has 10 heavy (non-hydrogen) atoms. The highest BCUT2D eigenvalue weighted by Gasteiger charge is 2.69. The average molecular weight is 166 g/mol. The van der Waals surface area contributed by atoms with E-state index in [-0.39, 0.29) is 6.42 Å². The molecule has 60 valence electrons. The lowest BCUT2D eigenvalue weighted by Gasteiger charge is -2.10. The fraction of sp³-hybridized carbons (Fsp3) is 1.00. The Labute approximate surface area is 64.4 Å². The minimum Gasteiger partial charge on any atom is -0.206 e. The Balaban J connectivity index is 2.50. The summed E-state index contributed by atoms with van der Waals surface area (Å²) in [5.41, 5.74) is -0.633. The Kier molecular flexibility index (Phi) is 1.96. The van der Waals surface area contributed by atoms with Crippen LogP contribution in [-0.2, 0) is 0 Å². The summed E-state index contributed by atoms with van der Waals surface area (Å²) in [7, 11) is 0. The van der Waals surface area contributed by atoms with Crippen LogP contribution < -0.4 is 0 Å². The van der Waals surface area contributed by atoms with Crippen molar-refractivity contribution >= 4 is 11.8 Å². The number of halogens is 2. The highest BCUT2D eigenvalue weighted by Crippen LogP contribution is 2.63. The SMILES string of the molecule is CCC1(CSC)CC1(F)F. The lowest BCUT2D eigenvalue weighted by atomic mass is 10.1. The fourth-order valence-electron chi connectivity index (χ4n) is 1.30. The van der Waals surface area contributed by atoms with Crippen LogP contribution in [0.5, 0.6) is 0 Å². The summed E-state index contributed by atoms with van der Waals surface area (Å²) in [5.74, 6) is -1.75. The first kappa shape index (κ1) is 8.31. The maximum absolute atomic E-state index is 12.6. The van der Waals surface area contributed by atoms with Crippen molar-refractivity contribution in [3.8, 4) is 0 Å². The first-order chi connectivity index (χ1) is 4.58. The van der Waals surface area contributed by atoms with Gasteiger partial charge in [-0.1, -0.05) is 6.92 Å². The molecule has 0 amide bonds. The van der Waals surface area contributed by atoms with E-state index in [2.05, 4.69) is 0 Å². The van der Waals surface area contributed by atoms with Crippen LogP contribution in [0.25, 0.3) is 0 Å². The van der Waals surface area contributed by atoms with Gasteiger partial charge in [-0.15, -0.1) is 0 Å². The maximum atomic E-state index is 12.6. The van der Waals surface area contributed by atoms with E-state index in [1.165, 1.54) is 11.8 Å². The molecule has 0 bridgehead atoms. The average Bonchev–Trinajstić information content (AvgIpc) is 2.37. The monoisotopic (exact) mass is 166 g/mol. The molecule has 1 saturated carbocycles. The van der Waals surface area contributed by atoms with Gasteiger partial charge in [0.15, 0.2) is 0 Å². The number of thioether (sulfide) groups is 1. The molecule has 0 N–H and O–H groups in total. The molecule has 0 aliphatic heterocycles. The molecule has 0 nitrogen and oxygen atoms in total. The van der Waals surface area contributed by atoms with Gasteiger partial charge in [-0.25, -0.2) is 8.78 Å². The minimum absolute atomic E-state index is 0.108. The molecule has 0 saturated heterocycles. The zero-order chi connectivity index (χ0) is 7.83. The summed E-state index contributed by atoms with van der Waals surface area (Å²) in [6, 6.07) is 0. The van der Waals surface area contributed by atoms with Crippen LogP contribution >= 0.6 is 11.8 Å². The Morgan fingerprint density at radius 1 is 1.50 bits per heavy atom. The molecule has 1 rings (SSSR count). The first-order valence-corrected chi connectivity index (χ1v) is 4.84. The molecule has 0 aromatic carbocycles. The van der Waals surface area contributed by atoms with Gasteiger partial charge in [-0.05, 0) is 12.7 Å². The van der Waals surface area contributed by atoms with Gasteiger partial charge in [-0.3, -0.25) is 0 Å². The van der Waals surface area contributed by atoms with Crippen molar-refractivity contribution in [3.63, 3.8) is 0 Å². The first-order valence-electron chi connectivity index (χ1n) is 3.45. The van der Waals surface area contributed by atoms with Crippen molar-refractivity contribution in [3.05, 3.63) is 0 Å². The highest BCUT2D eigenvalue weighted by molar-refractivity contribution is 7.98. The van der Waals surface area contributed by atoms with Gasteiger partial charge in [0, 0.05) is 17.6 Å². The molecule has 0 aromatic heterocycles. The van der Waals surface area contributed by atoms with Crippen LogP contribution in [0.1, 0.15) is 19.8 Å². The van der Waals surface area contributed by atoms with Gasteiger partial charge in [0.1, 0.15) is 0 Å². The van der Waals surface area contributed by atoms with Crippen molar-refractivity contribution in [2.75, 3.05) is 12.0 Å². The number of hydrogen-bond acceptors (Lipinski definition) is 1. The summed E-state index contributed by atoms with van der Waals surface area (Å²) in [6.45, 7) is 1.84. The van der Waals surface area contributed by atoms with Crippen molar-refractivity contribution in [1.29, 1.82) is 0 Å². The second-order valence-corrected chi connectivity index (χ2v) is 3.81. The number of alkyl halides is 2. The predicted molar refractivity (Wildman–Crippen MR) is 40.7 cm³/mol. The Hall–Kier alpha value is 0.210. The smallest absolute Gasteiger partial charge is 0.206 e. The molecule has 1 unspecified atom stereocenters. The summed E-state index contributed by atoms with van der Waals surface area (Å²) >= 11 is 1.52. The van der Waals surface area contributed by atoms with Crippen molar-refractivity contribution < 1.29 is 8.78 Å². The summed E-state index contributed by atoms with van der Waals surface area (Å²) < 4.78 is 25.3. The predicted octanol–water partition coefficient (Wildman–Crippen LogP) is 2.78. The van der Waals surface area contributed by atoms with Gasteiger partial charge < -0.3 is 0 Å². The Morgan fingerprint density at radius 3 is 2.10 bits per heavy atom. The fourth-order valence-corrected chi connectivity index (χ4v) is 2.37. The van der Waals surface area contributed by atoms with Crippen LogP contribution in [0.4, 0.5) is 8.78 Å². The number of rotatable bonds is 3.